The van der Waals surface area contributed by atoms with Crippen molar-refractivity contribution in [2.75, 3.05) is 20.2 Å². The number of rotatable bonds is 3. The Labute approximate surface area is 118 Å². The molecule has 102 valence electrons. The van der Waals surface area contributed by atoms with E-state index in [1.54, 1.807) is 25.3 Å². The van der Waals surface area contributed by atoms with Crippen molar-refractivity contribution in [3.05, 3.63) is 35.4 Å². The Morgan fingerprint density at radius 1 is 1.47 bits per heavy atom. The number of amides is 1. The van der Waals surface area contributed by atoms with Gasteiger partial charge in [0.2, 0.25) is 0 Å². The number of hydrogen-bond donors (Lipinski definition) is 1. The molecule has 2 N–H and O–H groups in total. The van der Waals surface area contributed by atoms with Gasteiger partial charge in [-0.05, 0) is 25.0 Å². The quantitative estimate of drug-likeness (QED) is 0.853. The molecule has 4 nitrogen and oxygen atoms in total. The topological polar surface area (TPSA) is 55.6 Å². The Bertz CT molecular complexity index is 490. The molecule has 0 bridgehead atoms. The number of ether oxygens (including phenoxy) is 1. The first-order valence-corrected chi connectivity index (χ1v) is 6.74. The molecule has 1 saturated heterocycles. The van der Waals surface area contributed by atoms with E-state index in [1.807, 2.05) is 11.0 Å². The molecule has 0 aromatic heterocycles. The lowest BCUT2D eigenvalue weighted by Crippen LogP contribution is -2.42. The second-order valence-electron chi connectivity index (χ2n) is 4.70. The highest BCUT2D eigenvalue weighted by Gasteiger charge is 2.24. The van der Waals surface area contributed by atoms with Crippen LogP contribution in [0.25, 0.3) is 0 Å². The van der Waals surface area contributed by atoms with Gasteiger partial charge in [-0.1, -0.05) is 24.4 Å². The Morgan fingerprint density at radius 3 is 2.89 bits per heavy atom. The van der Waals surface area contributed by atoms with Crippen LogP contribution in [0.1, 0.15) is 28.8 Å². The molecule has 2 rings (SSSR count). The fourth-order valence-corrected chi connectivity index (χ4v) is 2.43. The lowest BCUT2D eigenvalue weighted by Gasteiger charge is -2.32. The summed E-state index contributed by atoms with van der Waals surface area (Å²) in [5, 5.41) is 0. The van der Waals surface area contributed by atoms with Crippen LogP contribution in [0, 0.1) is 0 Å². The summed E-state index contributed by atoms with van der Waals surface area (Å²) < 4.78 is 5.33. The van der Waals surface area contributed by atoms with Gasteiger partial charge in [-0.15, -0.1) is 0 Å². The second kappa shape index (κ2) is 6.12. The predicted octanol–water partition coefficient (Wildman–Crippen LogP) is 1.57. The summed E-state index contributed by atoms with van der Waals surface area (Å²) in [5.74, 6) is 0.0138. The zero-order valence-corrected chi connectivity index (χ0v) is 11.8. The van der Waals surface area contributed by atoms with Crippen molar-refractivity contribution in [2.45, 2.75) is 18.9 Å². The van der Waals surface area contributed by atoms with Gasteiger partial charge in [-0.2, -0.15) is 0 Å². The van der Waals surface area contributed by atoms with E-state index >= 15 is 0 Å². The first kappa shape index (κ1) is 14.0. The Hall–Kier alpha value is -1.46. The first-order valence-electron chi connectivity index (χ1n) is 6.33. The van der Waals surface area contributed by atoms with Crippen LogP contribution in [0.5, 0.6) is 0 Å². The van der Waals surface area contributed by atoms with Crippen molar-refractivity contribution in [1.82, 2.24) is 4.90 Å². The zero-order valence-electron chi connectivity index (χ0n) is 11.0. The largest absolute Gasteiger partial charge is 0.389 e. The van der Waals surface area contributed by atoms with Crippen molar-refractivity contribution >= 4 is 23.1 Å². The SMILES string of the molecule is COC1CCCN(C(=O)c2cccc(C(N)=S)c2)C1. The Kier molecular flexibility index (Phi) is 4.50. The summed E-state index contributed by atoms with van der Waals surface area (Å²) in [5.41, 5.74) is 6.94. The van der Waals surface area contributed by atoms with E-state index in [2.05, 4.69) is 0 Å². The summed E-state index contributed by atoms with van der Waals surface area (Å²) in [6, 6.07) is 7.16. The van der Waals surface area contributed by atoms with E-state index in [-0.39, 0.29) is 12.0 Å². The number of hydrogen-bond acceptors (Lipinski definition) is 3. The van der Waals surface area contributed by atoms with Crippen molar-refractivity contribution in [3.8, 4) is 0 Å². The van der Waals surface area contributed by atoms with E-state index < -0.39 is 0 Å². The van der Waals surface area contributed by atoms with Gasteiger partial charge in [0, 0.05) is 31.3 Å². The molecule has 1 heterocycles. The van der Waals surface area contributed by atoms with Gasteiger partial charge >= 0.3 is 0 Å². The molecule has 5 heteroatoms. The van der Waals surface area contributed by atoms with Crippen molar-refractivity contribution in [3.63, 3.8) is 0 Å². The maximum Gasteiger partial charge on any atom is 0.253 e. The smallest absolute Gasteiger partial charge is 0.253 e. The lowest BCUT2D eigenvalue weighted by atomic mass is 10.1. The van der Waals surface area contributed by atoms with Gasteiger partial charge in [0.1, 0.15) is 4.99 Å². The third kappa shape index (κ3) is 3.30. The van der Waals surface area contributed by atoms with Crippen LogP contribution in [0.15, 0.2) is 24.3 Å². The number of piperidine rings is 1. The summed E-state index contributed by atoms with van der Waals surface area (Å²) in [6.45, 7) is 1.42. The number of thiocarbonyl (C=S) groups is 1. The molecular weight excluding hydrogens is 260 g/mol. The molecule has 1 unspecified atom stereocenters. The number of carbonyl (C=O) groups excluding carboxylic acids is 1. The number of nitrogens with zero attached hydrogens (tertiary/aromatic N) is 1. The summed E-state index contributed by atoms with van der Waals surface area (Å²) in [4.78, 5) is 14.6. The van der Waals surface area contributed by atoms with Crippen LogP contribution in [-0.4, -0.2) is 42.1 Å². The van der Waals surface area contributed by atoms with E-state index in [0.29, 0.717) is 17.1 Å². The minimum Gasteiger partial charge on any atom is -0.389 e. The van der Waals surface area contributed by atoms with Crippen LogP contribution >= 0.6 is 12.2 Å². The highest BCUT2D eigenvalue weighted by atomic mass is 32.1. The molecule has 0 radical (unpaired) electrons. The molecule has 0 saturated carbocycles. The number of benzene rings is 1. The Morgan fingerprint density at radius 2 is 2.21 bits per heavy atom. The van der Waals surface area contributed by atoms with Gasteiger partial charge in [0.05, 0.1) is 6.10 Å². The second-order valence-corrected chi connectivity index (χ2v) is 5.14. The van der Waals surface area contributed by atoms with Crippen LogP contribution in [0.2, 0.25) is 0 Å². The monoisotopic (exact) mass is 278 g/mol. The molecule has 1 atom stereocenters. The molecular formula is C14H18N2O2S. The minimum absolute atomic E-state index is 0.0138. The van der Waals surface area contributed by atoms with Crippen LogP contribution < -0.4 is 5.73 Å². The maximum absolute atomic E-state index is 12.4. The standard InChI is InChI=1S/C14H18N2O2S/c1-18-12-6-3-7-16(9-12)14(17)11-5-2-4-10(8-11)13(15)19/h2,4-5,8,12H,3,6-7,9H2,1H3,(H2,15,19). The molecule has 19 heavy (non-hydrogen) atoms. The average Bonchev–Trinajstić information content (AvgIpc) is 2.46. The van der Waals surface area contributed by atoms with Crippen LogP contribution in [0.4, 0.5) is 0 Å². The van der Waals surface area contributed by atoms with Gasteiger partial charge < -0.3 is 15.4 Å². The maximum atomic E-state index is 12.4. The molecule has 0 aliphatic carbocycles. The van der Waals surface area contributed by atoms with Gasteiger partial charge in [-0.25, -0.2) is 0 Å². The molecule has 1 aromatic rings. The highest BCUT2D eigenvalue weighted by molar-refractivity contribution is 7.80. The van der Waals surface area contributed by atoms with E-state index in [9.17, 15) is 4.79 Å². The highest BCUT2D eigenvalue weighted by Crippen LogP contribution is 2.16. The fraction of sp³-hybridized carbons (Fsp3) is 0.429. The molecule has 1 fully saturated rings. The van der Waals surface area contributed by atoms with Gasteiger partial charge in [-0.3, -0.25) is 4.79 Å². The van der Waals surface area contributed by atoms with E-state index in [0.717, 1.165) is 24.9 Å². The first-order chi connectivity index (χ1) is 9.11. The van der Waals surface area contributed by atoms with Crippen molar-refractivity contribution in [1.29, 1.82) is 0 Å². The van der Waals surface area contributed by atoms with Crippen LogP contribution in [0.3, 0.4) is 0 Å². The normalized spacial score (nSPS) is 19.2. The molecule has 1 aliphatic heterocycles. The van der Waals surface area contributed by atoms with Crippen molar-refractivity contribution < 1.29 is 9.53 Å². The van der Waals surface area contributed by atoms with Gasteiger partial charge in [0.25, 0.3) is 5.91 Å². The van der Waals surface area contributed by atoms with Crippen molar-refractivity contribution in [2.24, 2.45) is 5.73 Å². The Balaban J connectivity index is 2.14. The molecule has 0 spiro atoms. The molecule has 1 aliphatic rings. The average molecular weight is 278 g/mol. The third-order valence-electron chi connectivity index (χ3n) is 3.39. The summed E-state index contributed by atoms with van der Waals surface area (Å²) in [7, 11) is 1.69. The predicted molar refractivity (Wildman–Crippen MR) is 78.3 cm³/mol. The third-order valence-corrected chi connectivity index (χ3v) is 3.63. The van der Waals surface area contributed by atoms with E-state index in [4.69, 9.17) is 22.7 Å². The number of nitrogens with two attached hydrogens (primary N) is 1. The summed E-state index contributed by atoms with van der Waals surface area (Å²) >= 11 is 4.94. The minimum atomic E-state index is 0.0138. The van der Waals surface area contributed by atoms with Crippen LogP contribution in [-0.2, 0) is 4.74 Å². The number of methoxy groups -OCH3 is 1. The lowest BCUT2D eigenvalue weighted by molar-refractivity contribution is 0.0269. The molecule has 1 aromatic carbocycles. The number of likely N-dealkylation sites (tertiary alicyclic amines) is 1. The van der Waals surface area contributed by atoms with E-state index in [1.165, 1.54) is 0 Å². The zero-order chi connectivity index (χ0) is 13.8. The number of carbonyl (C=O) groups is 1. The molecule has 1 amide bonds. The van der Waals surface area contributed by atoms with Gasteiger partial charge in [0.15, 0.2) is 0 Å². The fourth-order valence-electron chi connectivity index (χ4n) is 2.30. The summed E-state index contributed by atoms with van der Waals surface area (Å²) in [6.07, 6.45) is 2.11.